The van der Waals surface area contributed by atoms with Gasteiger partial charge >= 0.3 is 0 Å². The molecule has 3 rings (SSSR count). The average molecular weight is 530 g/mol. The standard InChI is InChI=1S/C21H30N4O2S.HI/c1-4-22-21(23-13-12-15-8-7-10-17(27-3)20(15)26)25(2)14-19-24-16-9-5-6-11-18(16)28-19;/h7-8,10,26H,4-6,9,11-14H2,1-3H3,(H,22,23);1H. The number of halogens is 1. The fourth-order valence-corrected chi connectivity index (χ4v) is 4.65. The summed E-state index contributed by atoms with van der Waals surface area (Å²) in [6.07, 6.45) is 5.48. The molecule has 29 heavy (non-hydrogen) atoms. The molecule has 0 saturated carbocycles. The zero-order valence-electron chi connectivity index (χ0n) is 17.4. The Morgan fingerprint density at radius 2 is 2.14 bits per heavy atom. The fraction of sp³-hybridized carbons (Fsp3) is 0.524. The minimum Gasteiger partial charge on any atom is -0.504 e. The van der Waals surface area contributed by atoms with Crippen molar-refractivity contribution in [3.63, 3.8) is 0 Å². The van der Waals surface area contributed by atoms with Gasteiger partial charge < -0.3 is 20.1 Å². The molecule has 1 aromatic heterocycles. The molecule has 0 saturated heterocycles. The van der Waals surface area contributed by atoms with Gasteiger partial charge in [0, 0.05) is 25.0 Å². The quantitative estimate of drug-likeness (QED) is 0.322. The highest BCUT2D eigenvalue weighted by Crippen LogP contribution is 2.29. The van der Waals surface area contributed by atoms with E-state index >= 15 is 0 Å². The van der Waals surface area contributed by atoms with Crippen LogP contribution in [0.4, 0.5) is 0 Å². The smallest absolute Gasteiger partial charge is 0.194 e. The van der Waals surface area contributed by atoms with E-state index in [9.17, 15) is 5.11 Å². The Morgan fingerprint density at radius 3 is 2.86 bits per heavy atom. The summed E-state index contributed by atoms with van der Waals surface area (Å²) in [4.78, 5) is 13.2. The summed E-state index contributed by atoms with van der Waals surface area (Å²) in [5.74, 6) is 1.56. The molecular formula is C21H31IN4O2S. The van der Waals surface area contributed by atoms with Gasteiger partial charge in [-0.2, -0.15) is 0 Å². The predicted molar refractivity (Wildman–Crippen MR) is 130 cm³/mol. The highest BCUT2D eigenvalue weighted by molar-refractivity contribution is 14.0. The van der Waals surface area contributed by atoms with Gasteiger partial charge in [0.1, 0.15) is 5.01 Å². The van der Waals surface area contributed by atoms with Gasteiger partial charge in [-0.25, -0.2) is 4.98 Å². The lowest BCUT2D eigenvalue weighted by Gasteiger charge is -2.21. The molecule has 0 amide bonds. The molecule has 0 aliphatic heterocycles. The number of aromatic hydroxyl groups is 1. The van der Waals surface area contributed by atoms with Crippen molar-refractivity contribution in [1.82, 2.24) is 15.2 Å². The average Bonchev–Trinajstić information content (AvgIpc) is 3.10. The van der Waals surface area contributed by atoms with E-state index in [-0.39, 0.29) is 29.7 Å². The second kappa shape index (κ2) is 11.6. The number of phenolic OH excluding ortho intramolecular Hbond substituents is 1. The maximum Gasteiger partial charge on any atom is 0.194 e. The molecule has 0 fully saturated rings. The first-order valence-electron chi connectivity index (χ1n) is 9.94. The van der Waals surface area contributed by atoms with Gasteiger partial charge in [0.2, 0.25) is 0 Å². The topological polar surface area (TPSA) is 70.0 Å². The molecular weight excluding hydrogens is 499 g/mol. The summed E-state index contributed by atoms with van der Waals surface area (Å²) in [6.45, 7) is 4.22. The number of thiazole rings is 1. The van der Waals surface area contributed by atoms with Crippen molar-refractivity contribution in [2.75, 3.05) is 27.2 Å². The molecule has 8 heteroatoms. The van der Waals surface area contributed by atoms with Gasteiger partial charge in [0.05, 0.1) is 19.3 Å². The summed E-state index contributed by atoms with van der Waals surface area (Å²) in [5, 5.41) is 14.7. The molecule has 1 aliphatic rings. The van der Waals surface area contributed by atoms with Crippen LogP contribution in [0.5, 0.6) is 11.5 Å². The van der Waals surface area contributed by atoms with E-state index in [1.165, 1.54) is 29.8 Å². The number of rotatable bonds is 7. The molecule has 2 N–H and O–H groups in total. The number of fused-ring (bicyclic) bond motifs is 1. The summed E-state index contributed by atoms with van der Waals surface area (Å²) >= 11 is 1.84. The number of hydrogen-bond acceptors (Lipinski definition) is 5. The van der Waals surface area contributed by atoms with E-state index in [1.807, 2.05) is 30.5 Å². The van der Waals surface area contributed by atoms with Crippen molar-refractivity contribution in [3.8, 4) is 11.5 Å². The fourth-order valence-electron chi connectivity index (χ4n) is 3.44. The van der Waals surface area contributed by atoms with Crippen molar-refractivity contribution < 1.29 is 9.84 Å². The summed E-state index contributed by atoms with van der Waals surface area (Å²) < 4.78 is 5.18. The maximum absolute atomic E-state index is 10.2. The van der Waals surface area contributed by atoms with E-state index in [2.05, 4.69) is 17.1 Å². The zero-order valence-corrected chi connectivity index (χ0v) is 20.5. The van der Waals surface area contributed by atoms with Gasteiger partial charge in [-0.1, -0.05) is 12.1 Å². The molecule has 0 atom stereocenters. The number of aryl methyl sites for hydroxylation is 2. The van der Waals surface area contributed by atoms with E-state index in [0.29, 0.717) is 18.7 Å². The van der Waals surface area contributed by atoms with Crippen LogP contribution < -0.4 is 10.1 Å². The minimum atomic E-state index is 0. The Labute approximate surface area is 194 Å². The van der Waals surface area contributed by atoms with Crippen molar-refractivity contribution >= 4 is 41.3 Å². The van der Waals surface area contributed by atoms with Crippen molar-refractivity contribution in [2.45, 2.75) is 45.6 Å². The lowest BCUT2D eigenvalue weighted by Crippen LogP contribution is -2.38. The normalized spacial score (nSPS) is 13.4. The minimum absolute atomic E-state index is 0. The van der Waals surface area contributed by atoms with Gasteiger partial charge in [0.15, 0.2) is 17.5 Å². The molecule has 0 bridgehead atoms. The summed E-state index contributed by atoms with van der Waals surface area (Å²) in [5.41, 5.74) is 2.14. The van der Waals surface area contributed by atoms with Crippen LogP contribution >= 0.6 is 35.3 Å². The number of methoxy groups -OCH3 is 1. The van der Waals surface area contributed by atoms with Crippen LogP contribution in [0.2, 0.25) is 0 Å². The van der Waals surface area contributed by atoms with Crippen LogP contribution in [0, 0.1) is 0 Å². The number of nitrogens with one attached hydrogen (secondary N) is 1. The van der Waals surface area contributed by atoms with Gasteiger partial charge in [0.25, 0.3) is 0 Å². The number of nitrogens with zero attached hydrogens (tertiary/aromatic N) is 3. The van der Waals surface area contributed by atoms with Crippen LogP contribution in [0.25, 0.3) is 0 Å². The Balaban J connectivity index is 0.00000300. The zero-order chi connectivity index (χ0) is 19.9. The second-order valence-corrected chi connectivity index (χ2v) is 8.16. The first-order chi connectivity index (χ1) is 13.6. The lowest BCUT2D eigenvalue weighted by molar-refractivity contribution is 0.370. The number of benzene rings is 1. The van der Waals surface area contributed by atoms with Gasteiger partial charge in [-0.15, -0.1) is 35.3 Å². The second-order valence-electron chi connectivity index (χ2n) is 6.99. The third-order valence-corrected chi connectivity index (χ3v) is 6.05. The van der Waals surface area contributed by atoms with Crippen LogP contribution in [-0.2, 0) is 25.8 Å². The maximum atomic E-state index is 10.2. The van der Waals surface area contributed by atoms with E-state index in [0.717, 1.165) is 36.0 Å². The third kappa shape index (κ3) is 6.21. The Bertz CT molecular complexity index is 802. The van der Waals surface area contributed by atoms with Crippen LogP contribution in [0.3, 0.4) is 0 Å². The van der Waals surface area contributed by atoms with Crippen LogP contribution in [-0.4, -0.2) is 48.2 Å². The van der Waals surface area contributed by atoms with Gasteiger partial charge in [-0.05, 0) is 50.7 Å². The number of guanidine groups is 1. The third-order valence-electron chi connectivity index (χ3n) is 4.90. The molecule has 0 unspecified atom stereocenters. The number of ether oxygens (including phenoxy) is 1. The number of hydrogen-bond donors (Lipinski definition) is 2. The molecule has 1 heterocycles. The largest absolute Gasteiger partial charge is 0.504 e. The van der Waals surface area contributed by atoms with Crippen molar-refractivity contribution in [1.29, 1.82) is 0 Å². The highest BCUT2D eigenvalue weighted by Gasteiger charge is 2.17. The number of aromatic nitrogens is 1. The van der Waals surface area contributed by atoms with Gasteiger partial charge in [-0.3, -0.25) is 4.99 Å². The number of aliphatic imine (C=N–C) groups is 1. The summed E-state index contributed by atoms with van der Waals surface area (Å²) in [6, 6.07) is 5.55. The van der Waals surface area contributed by atoms with E-state index < -0.39 is 0 Å². The SMILES string of the molecule is CCNC(=NCCc1cccc(OC)c1O)N(C)Cc1nc2c(s1)CCCC2.I. The molecule has 1 aliphatic carbocycles. The molecule has 2 aromatic rings. The number of phenols is 1. The highest BCUT2D eigenvalue weighted by atomic mass is 127. The Morgan fingerprint density at radius 1 is 1.34 bits per heavy atom. The van der Waals surface area contributed by atoms with Crippen molar-refractivity contribution in [3.05, 3.63) is 39.3 Å². The monoisotopic (exact) mass is 530 g/mol. The van der Waals surface area contributed by atoms with Crippen LogP contribution in [0.15, 0.2) is 23.2 Å². The Hall–Kier alpha value is -1.55. The number of para-hydroxylation sites is 1. The molecule has 6 nitrogen and oxygen atoms in total. The van der Waals surface area contributed by atoms with E-state index in [1.54, 1.807) is 13.2 Å². The predicted octanol–water partition coefficient (Wildman–Crippen LogP) is 3.99. The Kier molecular flexibility index (Phi) is 9.48. The first-order valence-corrected chi connectivity index (χ1v) is 10.8. The van der Waals surface area contributed by atoms with E-state index in [4.69, 9.17) is 14.7 Å². The molecule has 1 aromatic carbocycles. The van der Waals surface area contributed by atoms with Crippen LogP contribution in [0.1, 0.15) is 40.9 Å². The molecule has 0 spiro atoms. The summed E-state index contributed by atoms with van der Waals surface area (Å²) in [7, 11) is 3.61. The van der Waals surface area contributed by atoms with Crippen molar-refractivity contribution in [2.24, 2.45) is 4.99 Å². The first kappa shape index (κ1) is 23.7. The lowest BCUT2D eigenvalue weighted by atomic mass is 10.0. The molecule has 160 valence electrons. The molecule has 0 radical (unpaired) electrons.